The number of carbonyl (C=O) groups is 1. The van der Waals surface area contributed by atoms with E-state index in [9.17, 15) is 4.79 Å². The summed E-state index contributed by atoms with van der Waals surface area (Å²) in [5.74, 6) is -0.357. The van der Waals surface area contributed by atoms with Crippen molar-refractivity contribution >= 4 is 68.0 Å². The molecule has 0 unspecified atom stereocenters. The Labute approximate surface area is 139 Å². The highest BCUT2D eigenvalue weighted by atomic mass is 79.9. The van der Waals surface area contributed by atoms with Crippen LogP contribution in [0.15, 0.2) is 34.8 Å². The fourth-order valence-corrected chi connectivity index (χ4v) is 2.57. The van der Waals surface area contributed by atoms with E-state index in [0.29, 0.717) is 36.5 Å². The maximum atomic E-state index is 12.2. The summed E-state index contributed by atoms with van der Waals surface area (Å²) in [6.07, 6.45) is 0. The molecule has 0 spiro atoms. The topological polar surface area (TPSA) is 55.1 Å². The van der Waals surface area contributed by atoms with Crippen LogP contribution in [0.4, 0.5) is 11.4 Å². The van der Waals surface area contributed by atoms with Gasteiger partial charge >= 0.3 is 0 Å². The number of carbonyl (C=O) groups excluding carboxylic acids is 1. The molecule has 0 aliphatic heterocycles. The highest BCUT2D eigenvalue weighted by molar-refractivity contribution is 9.10. The minimum atomic E-state index is -0.357. The van der Waals surface area contributed by atoms with Gasteiger partial charge in [-0.25, -0.2) is 0 Å². The van der Waals surface area contributed by atoms with Crippen molar-refractivity contribution in [2.24, 2.45) is 0 Å². The van der Waals surface area contributed by atoms with E-state index in [1.165, 1.54) is 12.1 Å². The first-order valence-corrected chi connectivity index (χ1v) is 7.32. The minimum absolute atomic E-state index is 0.299. The van der Waals surface area contributed by atoms with E-state index >= 15 is 0 Å². The van der Waals surface area contributed by atoms with Gasteiger partial charge in [-0.3, -0.25) is 4.79 Å². The van der Waals surface area contributed by atoms with Crippen LogP contribution >= 0.6 is 50.7 Å². The largest absolute Gasteiger partial charge is 0.398 e. The summed E-state index contributed by atoms with van der Waals surface area (Å²) in [6.45, 7) is 0. The lowest BCUT2D eigenvalue weighted by Gasteiger charge is -2.10. The molecular weight excluding hydrogens is 386 g/mol. The molecule has 0 heterocycles. The molecule has 2 rings (SSSR count). The molecule has 0 aliphatic carbocycles. The average molecular weight is 394 g/mol. The summed E-state index contributed by atoms with van der Waals surface area (Å²) in [7, 11) is 0. The van der Waals surface area contributed by atoms with E-state index in [1.54, 1.807) is 18.2 Å². The Morgan fingerprint density at radius 1 is 1.10 bits per heavy atom. The van der Waals surface area contributed by atoms with E-state index < -0.39 is 0 Å². The molecule has 0 atom stereocenters. The number of hydrogen-bond acceptors (Lipinski definition) is 2. The van der Waals surface area contributed by atoms with Crippen molar-refractivity contribution in [1.82, 2.24) is 0 Å². The van der Waals surface area contributed by atoms with Gasteiger partial charge in [-0.05, 0) is 40.2 Å². The number of anilines is 2. The first kappa shape index (κ1) is 15.4. The predicted molar refractivity (Wildman–Crippen MR) is 88.0 cm³/mol. The zero-order chi connectivity index (χ0) is 14.9. The number of halogens is 4. The zero-order valence-corrected chi connectivity index (χ0v) is 13.7. The van der Waals surface area contributed by atoms with E-state index in [4.69, 9.17) is 40.5 Å². The second-order valence-electron chi connectivity index (χ2n) is 3.91. The monoisotopic (exact) mass is 392 g/mol. The van der Waals surface area contributed by atoms with Crippen LogP contribution in [0.5, 0.6) is 0 Å². The van der Waals surface area contributed by atoms with E-state index in [-0.39, 0.29) is 5.91 Å². The molecule has 3 nitrogen and oxygen atoms in total. The van der Waals surface area contributed by atoms with Crippen LogP contribution in [-0.2, 0) is 0 Å². The molecule has 2 aromatic carbocycles. The third-order valence-electron chi connectivity index (χ3n) is 2.53. The van der Waals surface area contributed by atoms with E-state index in [0.717, 1.165) is 0 Å². The third-order valence-corrected chi connectivity index (χ3v) is 4.45. The van der Waals surface area contributed by atoms with Crippen molar-refractivity contribution in [3.63, 3.8) is 0 Å². The maximum absolute atomic E-state index is 12.2. The Hall–Kier alpha value is -0.940. The zero-order valence-electron chi connectivity index (χ0n) is 9.88. The fourth-order valence-electron chi connectivity index (χ4n) is 1.53. The molecule has 0 bridgehead atoms. The number of nitrogen functional groups attached to an aromatic ring is 1. The van der Waals surface area contributed by atoms with Crippen LogP contribution in [0.2, 0.25) is 15.1 Å². The number of rotatable bonds is 2. The molecule has 0 aliphatic rings. The third kappa shape index (κ3) is 3.20. The molecule has 3 N–H and O–H groups in total. The molecule has 104 valence electrons. The summed E-state index contributed by atoms with van der Waals surface area (Å²) >= 11 is 21.0. The van der Waals surface area contributed by atoms with Gasteiger partial charge in [-0.15, -0.1) is 0 Å². The van der Waals surface area contributed by atoms with Gasteiger partial charge in [0.25, 0.3) is 5.91 Å². The smallest absolute Gasteiger partial charge is 0.256 e. The molecule has 0 saturated carbocycles. The second-order valence-corrected chi connectivity index (χ2v) is 5.92. The summed E-state index contributed by atoms with van der Waals surface area (Å²) in [5, 5.41) is 3.58. The Morgan fingerprint density at radius 3 is 2.45 bits per heavy atom. The Bertz CT molecular complexity index is 692. The summed E-state index contributed by atoms with van der Waals surface area (Å²) in [5.41, 5.74) is 6.98. The summed E-state index contributed by atoms with van der Waals surface area (Å²) in [6, 6.07) is 7.97. The predicted octanol–water partition coefficient (Wildman–Crippen LogP) is 5.24. The van der Waals surface area contributed by atoms with Crippen LogP contribution in [0.1, 0.15) is 10.4 Å². The normalized spacial score (nSPS) is 10.4. The Kier molecular flexibility index (Phi) is 4.81. The van der Waals surface area contributed by atoms with Crippen molar-refractivity contribution < 1.29 is 4.79 Å². The van der Waals surface area contributed by atoms with Crippen LogP contribution in [0.3, 0.4) is 0 Å². The number of hydrogen-bond donors (Lipinski definition) is 2. The van der Waals surface area contributed by atoms with Crippen LogP contribution < -0.4 is 11.1 Å². The highest BCUT2D eigenvalue weighted by Gasteiger charge is 2.14. The fraction of sp³-hybridized carbons (Fsp3) is 0. The lowest BCUT2D eigenvalue weighted by molar-refractivity contribution is 0.102. The molecule has 7 heteroatoms. The molecule has 20 heavy (non-hydrogen) atoms. The first-order chi connectivity index (χ1) is 9.40. The van der Waals surface area contributed by atoms with Gasteiger partial charge in [0.15, 0.2) is 0 Å². The summed E-state index contributed by atoms with van der Waals surface area (Å²) in [4.78, 5) is 12.2. The van der Waals surface area contributed by atoms with Crippen molar-refractivity contribution in [2.45, 2.75) is 0 Å². The van der Waals surface area contributed by atoms with Gasteiger partial charge in [0.1, 0.15) is 0 Å². The molecule has 0 saturated heterocycles. The van der Waals surface area contributed by atoms with Gasteiger partial charge in [0.2, 0.25) is 0 Å². The van der Waals surface area contributed by atoms with Crippen LogP contribution in [0.25, 0.3) is 0 Å². The molecular formula is C13H8BrCl3N2O. The molecule has 0 radical (unpaired) electrons. The SMILES string of the molecule is Nc1cccc(C(=O)Nc2cc(Cl)c(Cl)cc2Cl)c1Br. The molecule has 0 aromatic heterocycles. The van der Waals surface area contributed by atoms with Gasteiger partial charge in [0.05, 0.1) is 30.8 Å². The van der Waals surface area contributed by atoms with Crippen molar-refractivity contribution in [3.05, 3.63) is 55.4 Å². The van der Waals surface area contributed by atoms with Crippen molar-refractivity contribution in [2.75, 3.05) is 11.1 Å². The van der Waals surface area contributed by atoms with E-state index in [2.05, 4.69) is 21.2 Å². The van der Waals surface area contributed by atoms with Gasteiger partial charge < -0.3 is 11.1 Å². The number of nitrogens with one attached hydrogen (secondary N) is 1. The van der Waals surface area contributed by atoms with Gasteiger partial charge in [-0.1, -0.05) is 40.9 Å². The van der Waals surface area contributed by atoms with E-state index in [1.807, 2.05) is 0 Å². The minimum Gasteiger partial charge on any atom is -0.398 e. The Balaban J connectivity index is 2.33. The number of benzene rings is 2. The average Bonchev–Trinajstić information content (AvgIpc) is 2.39. The Morgan fingerprint density at radius 2 is 1.75 bits per heavy atom. The van der Waals surface area contributed by atoms with Crippen LogP contribution in [0, 0.1) is 0 Å². The van der Waals surface area contributed by atoms with Gasteiger partial charge in [0, 0.05) is 5.69 Å². The van der Waals surface area contributed by atoms with Crippen molar-refractivity contribution in [1.29, 1.82) is 0 Å². The lowest BCUT2D eigenvalue weighted by atomic mass is 10.2. The molecule has 2 aromatic rings. The molecule has 1 amide bonds. The second kappa shape index (κ2) is 6.22. The van der Waals surface area contributed by atoms with Gasteiger partial charge in [-0.2, -0.15) is 0 Å². The molecule has 0 fully saturated rings. The lowest BCUT2D eigenvalue weighted by Crippen LogP contribution is -2.13. The quantitative estimate of drug-likeness (QED) is 0.540. The highest BCUT2D eigenvalue weighted by Crippen LogP contribution is 2.33. The van der Waals surface area contributed by atoms with Crippen LogP contribution in [-0.4, -0.2) is 5.91 Å². The number of amides is 1. The van der Waals surface area contributed by atoms with Crippen molar-refractivity contribution in [3.8, 4) is 0 Å². The first-order valence-electron chi connectivity index (χ1n) is 5.40. The number of nitrogens with two attached hydrogens (primary N) is 1. The maximum Gasteiger partial charge on any atom is 0.256 e. The standard InChI is InChI=1S/C13H8BrCl3N2O/c14-12-6(2-1-3-10(12)18)13(20)19-11-5-8(16)7(15)4-9(11)17/h1-5H,18H2,(H,19,20). The summed E-state index contributed by atoms with van der Waals surface area (Å²) < 4.78 is 0.522.